The number of allylic oxidation sites excluding steroid dienone is 2. The Kier molecular flexibility index (Phi) is 21.5. The number of aliphatic imine (C=N–C) groups is 2. The van der Waals surface area contributed by atoms with E-state index in [0.717, 1.165) is 0 Å². The van der Waals surface area contributed by atoms with E-state index in [4.69, 9.17) is 47.4 Å². The molecular formula is C58H38Br4N8O18Zn. The number of methoxy groups -OCH3 is 4. The van der Waals surface area contributed by atoms with Gasteiger partial charge in [0.25, 0.3) is 22.7 Å². The van der Waals surface area contributed by atoms with Crippen molar-refractivity contribution in [3.05, 3.63) is 239 Å². The zero-order valence-corrected chi connectivity index (χ0v) is 55.5. The molecule has 0 spiro atoms. The molecule has 448 valence electrons. The first-order valence-corrected chi connectivity index (χ1v) is 28.1. The van der Waals surface area contributed by atoms with Crippen LogP contribution in [0, 0.1) is 40.5 Å². The summed E-state index contributed by atoms with van der Waals surface area (Å²) in [5.41, 5.74) is 0.873. The van der Waals surface area contributed by atoms with Gasteiger partial charge in [0.1, 0.15) is 45.9 Å². The molecule has 0 fully saturated rings. The average Bonchev–Trinajstić information content (AvgIpc) is 2.48. The van der Waals surface area contributed by atoms with E-state index < -0.39 is 19.7 Å². The Balaban J connectivity index is 0.000000228. The molecule has 89 heavy (non-hydrogen) atoms. The van der Waals surface area contributed by atoms with Gasteiger partial charge in [-0.3, -0.25) is 40.5 Å². The molecule has 8 aromatic rings. The summed E-state index contributed by atoms with van der Waals surface area (Å²) in [6, 6.07) is 35.8. The predicted octanol–water partition coefficient (Wildman–Crippen LogP) is 15.1. The standard InChI is InChI=1S/2C29H19Br2N4O9.Zn/c2*1-40-24-4-3-5-25(41-2)27(24)44-26(22-14-20(30)28(32-22)42-18-10-6-16(7-11-18)34(36)37)23-15-21(31)29(33-23)43-19-12-8-17(9-13-19)35(38)39;/h2*3-15H,1-2H3;/q2*-1;+2/b2*26-22+;. The van der Waals surface area contributed by atoms with E-state index in [9.17, 15) is 40.5 Å². The smallest absolute Gasteiger partial charge is 0.623 e. The van der Waals surface area contributed by atoms with Crippen molar-refractivity contribution in [3.8, 4) is 69.3 Å². The van der Waals surface area contributed by atoms with Gasteiger partial charge < -0.3 is 57.3 Å². The fraction of sp³-hybridized carbons (Fsp3) is 0.0690. The van der Waals surface area contributed by atoms with Crippen LogP contribution < -0.4 is 57.3 Å². The molecule has 31 heteroatoms. The van der Waals surface area contributed by atoms with Gasteiger partial charge >= 0.3 is 19.5 Å². The van der Waals surface area contributed by atoms with Crippen molar-refractivity contribution >= 4 is 110 Å². The molecule has 0 aliphatic carbocycles. The van der Waals surface area contributed by atoms with E-state index in [0.29, 0.717) is 86.7 Å². The van der Waals surface area contributed by atoms with Gasteiger partial charge in [0, 0.05) is 69.2 Å². The van der Waals surface area contributed by atoms with Crippen molar-refractivity contribution in [2.75, 3.05) is 28.4 Å². The molecule has 4 heterocycles. The second-order valence-corrected chi connectivity index (χ2v) is 20.9. The van der Waals surface area contributed by atoms with Crippen LogP contribution in [-0.4, -0.2) is 59.9 Å². The predicted molar refractivity (Wildman–Crippen MR) is 332 cm³/mol. The Labute approximate surface area is 548 Å². The molecule has 26 nitrogen and oxygen atoms in total. The number of nitro benzene ring substituents is 4. The summed E-state index contributed by atoms with van der Waals surface area (Å²) in [6.07, 6.45) is 3.30. The molecule has 2 aliphatic rings. The molecule has 0 amide bonds. The van der Waals surface area contributed by atoms with Gasteiger partial charge in [-0.1, -0.05) is 35.7 Å². The van der Waals surface area contributed by atoms with Crippen LogP contribution >= 0.6 is 63.7 Å². The Morgan fingerprint density at radius 3 is 0.944 bits per heavy atom. The summed E-state index contributed by atoms with van der Waals surface area (Å²) in [6.45, 7) is 0. The summed E-state index contributed by atoms with van der Waals surface area (Å²) < 4.78 is 60.2. The Morgan fingerprint density at radius 1 is 0.416 bits per heavy atom. The zero-order chi connectivity index (χ0) is 62.8. The molecule has 10 rings (SSSR count). The third-order valence-electron chi connectivity index (χ3n) is 11.9. The van der Waals surface area contributed by atoms with E-state index in [1.165, 1.54) is 126 Å². The summed E-state index contributed by atoms with van der Waals surface area (Å²) in [5, 5.41) is 44.1. The van der Waals surface area contributed by atoms with Crippen LogP contribution in [0.15, 0.2) is 197 Å². The van der Waals surface area contributed by atoms with Crippen molar-refractivity contribution < 1.29 is 86.5 Å². The maximum atomic E-state index is 11.0. The maximum absolute atomic E-state index is 11.0. The Bertz CT molecular complexity index is 3900. The van der Waals surface area contributed by atoms with E-state index in [-0.39, 0.29) is 88.8 Å². The summed E-state index contributed by atoms with van der Waals surface area (Å²) in [4.78, 5) is 60.4. The van der Waals surface area contributed by atoms with Gasteiger partial charge in [0.2, 0.25) is 23.3 Å². The molecule has 0 N–H and O–H groups in total. The van der Waals surface area contributed by atoms with Gasteiger partial charge in [-0.15, -0.1) is 0 Å². The molecular weight excluding hydrogens is 1480 g/mol. The number of hydrogen-bond donors (Lipinski definition) is 0. The SMILES string of the molecule is COc1cccc(OC)c1O/C(=C1\C=C(Br)C(Oc2ccc([N+](=O)[O-])cc2)=N1)c1cc(Br)c(Oc2ccc([N+](=O)[O-])cc2)[n-]1.COc1cccc(OC)c1O/C(=C1\C=C(Br)C(Oc2ccc([N+](=O)[O-])cc2)=N1)c1cc(Br)c(Oc2ccc([N+](=O)[O-])cc2)[n-]1.[Zn+2]. The molecule has 0 saturated carbocycles. The number of hydrogen-bond acceptors (Lipinski definition) is 20. The van der Waals surface area contributed by atoms with Crippen molar-refractivity contribution in [1.82, 2.24) is 9.97 Å². The van der Waals surface area contributed by atoms with Crippen molar-refractivity contribution in [3.63, 3.8) is 0 Å². The van der Waals surface area contributed by atoms with Crippen LogP contribution in [0.3, 0.4) is 0 Å². The number of non-ortho nitro benzene ring substituents is 4. The van der Waals surface area contributed by atoms with Gasteiger partial charge in [0.15, 0.2) is 23.0 Å². The molecule has 0 unspecified atom stereocenters. The molecule has 2 aliphatic heterocycles. The van der Waals surface area contributed by atoms with Gasteiger partial charge in [-0.2, -0.15) is 0 Å². The second-order valence-electron chi connectivity index (χ2n) is 17.4. The first kappa shape index (κ1) is 65.3. The largest absolute Gasteiger partial charge is 2.00 e. The topological polar surface area (TPSA) is 318 Å². The quantitative estimate of drug-likeness (QED) is 0.0296. The Hall–Kier alpha value is -9.68. The molecule has 6 aromatic carbocycles. The number of halogens is 4. The van der Waals surface area contributed by atoms with Crippen LogP contribution in [0.5, 0.6) is 69.3 Å². The fourth-order valence-electron chi connectivity index (χ4n) is 7.76. The molecule has 0 radical (unpaired) electrons. The zero-order valence-electron chi connectivity index (χ0n) is 46.2. The number of rotatable bonds is 20. The minimum absolute atomic E-state index is 0. The molecule has 0 saturated heterocycles. The fourth-order valence-corrected chi connectivity index (χ4v) is 9.31. The maximum Gasteiger partial charge on any atom is 2.00 e. The van der Waals surface area contributed by atoms with E-state index in [1.807, 2.05) is 0 Å². The summed E-state index contributed by atoms with van der Waals surface area (Å²) in [5.74, 6) is 4.29. The van der Waals surface area contributed by atoms with E-state index >= 15 is 0 Å². The van der Waals surface area contributed by atoms with Crippen LogP contribution in [-0.2, 0) is 19.5 Å². The van der Waals surface area contributed by atoms with Gasteiger partial charge in [0.05, 0.1) is 57.1 Å². The number of nitro groups is 4. The minimum atomic E-state index is -0.506. The summed E-state index contributed by atoms with van der Waals surface area (Å²) in [7, 11) is 5.95. The van der Waals surface area contributed by atoms with Crippen LogP contribution in [0.4, 0.5) is 22.7 Å². The normalized spacial score (nSPS) is 13.3. The molecule has 0 bridgehead atoms. The van der Waals surface area contributed by atoms with Gasteiger partial charge in [-0.25, -0.2) is 9.98 Å². The monoisotopic (exact) mass is 1510 g/mol. The number of aromatic nitrogens is 2. The van der Waals surface area contributed by atoms with E-state index in [1.54, 1.807) is 60.7 Å². The average molecular weight is 1520 g/mol. The molecule has 2 aromatic heterocycles. The number of para-hydroxylation sites is 2. The second kappa shape index (κ2) is 29.3. The van der Waals surface area contributed by atoms with Crippen molar-refractivity contribution in [1.29, 1.82) is 0 Å². The van der Waals surface area contributed by atoms with Crippen molar-refractivity contribution in [2.45, 2.75) is 0 Å². The van der Waals surface area contributed by atoms with E-state index in [2.05, 4.69) is 83.7 Å². The number of benzene rings is 6. The molecule has 0 atom stereocenters. The van der Waals surface area contributed by atoms with Crippen LogP contribution in [0.1, 0.15) is 11.4 Å². The summed E-state index contributed by atoms with van der Waals surface area (Å²) >= 11 is 13.8. The Morgan fingerprint density at radius 2 is 0.685 bits per heavy atom. The third kappa shape index (κ3) is 15.7. The third-order valence-corrected chi connectivity index (χ3v) is 14.2. The van der Waals surface area contributed by atoms with Crippen LogP contribution in [0.25, 0.3) is 11.5 Å². The number of ether oxygens (including phenoxy) is 10. The first-order valence-electron chi connectivity index (χ1n) is 24.9. The minimum Gasteiger partial charge on any atom is -0.623 e. The number of nitrogens with zero attached hydrogens (tertiary/aromatic N) is 8. The van der Waals surface area contributed by atoms with Crippen molar-refractivity contribution in [2.24, 2.45) is 9.98 Å². The van der Waals surface area contributed by atoms with Crippen LogP contribution in [0.2, 0.25) is 0 Å². The first-order chi connectivity index (χ1) is 42.3. The van der Waals surface area contributed by atoms with Gasteiger partial charge in [-0.05, 0) is 149 Å².